The molecular weight excluding hydrogens is 256 g/mol. The topological polar surface area (TPSA) is 77.3 Å². The van der Waals surface area contributed by atoms with E-state index >= 15 is 0 Å². The van der Waals surface area contributed by atoms with Crippen LogP contribution in [0.2, 0.25) is 0 Å². The number of benzene rings is 1. The number of aryl methyl sites for hydroxylation is 1. The first-order valence-corrected chi connectivity index (χ1v) is 6.21. The van der Waals surface area contributed by atoms with Crippen molar-refractivity contribution >= 4 is 5.69 Å². The normalized spacial score (nSPS) is 12.2. The van der Waals surface area contributed by atoms with E-state index in [9.17, 15) is 5.11 Å². The van der Waals surface area contributed by atoms with Crippen molar-refractivity contribution in [2.45, 2.75) is 13.0 Å². The van der Waals surface area contributed by atoms with E-state index in [2.05, 4.69) is 4.98 Å². The van der Waals surface area contributed by atoms with Crippen molar-refractivity contribution in [1.82, 2.24) is 4.98 Å². The maximum Gasteiger partial charge on any atom is 0.188 e. The van der Waals surface area contributed by atoms with Crippen molar-refractivity contribution in [3.63, 3.8) is 0 Å². The second-order valence-electron chi connectivity index (χ2n) is 4.46. The minimum atomic E-state index is -1.02. The lowest BCUT2D eigenvalue weighted by Gasteiger charge is -2.15. The van der Waals surface area contributed by atoms with Crippen LogP contribution in [0.3, 0.4) is 0 Å². The third kappa shape index (κ3) is 3.07. The van der Waals surface area contributed by atoms with E-state index in [1.165, 1.54) is 7.11 Å². The van der Waals surface area contributed by atoms with E-state index < -0.39 is 6.10 Å². The van der Waals surface area contributed by atoms with Gasteiger partial charge in [0, 0.05) is 25.1 Å². The van der Waals surface area contributed by atoms with Gasteiger partial charge >= 0.3 is 0 Å². The molecular formula is C15H17N2O3. The summed E-state index contributed by atoms with van der Waals surface area (Å²) in [6.07, 6.45) is 2.19. The summed E-state index contributed by atoms with van der Waals surface area (Å²) in [6.45, 7) is 1.94. The number of hydrogen-bond acceptors (Lipinski definition) is 4. The fourth-order valence-corrected chi connectivity index (χ4v) is 1.97. The van der Waals surface area contributed by atoms with Gasteiger partial charge < -0.3 is 15.2 Å². The number of nitrogens with zero attached hydrogens (tertiary/aromatic N) is 1. The molecule has 1 radical (unpaired) electrons. The fourth-order valence-electron chi connectivity index (χ4n) is 1.97. The molecule has 0 spiro atoms. The smallest absolute Gasteiger partial charge is 0.188 e. The van der Waals surface area contributed by atoms with Gasteiger partial charge in [-0.2, -0.15) is 0 Å². The number of aromatic nitrogens is 1. The SMILES string of the molecule is COCOc1cc(C([O])c2cccnc2)c(C)cc1N. The van der Waals surface area contributed by atoms with Crippen LogP contribution in [-0.4, -0.2) is 18.9 Å². The van der Waals surface area contributed by atoms with Crippen molar-refractivity contribution in [3.8, 4) is 5.75 Å². The van der Waals surface area contributed by atoms with Gasteiger partial charge in [-0.15, -0.1) is 0 Å². The molecule has 2 rings (SSSR count). The van der Waals surface area contributed by atoms with Gasteiger partial charge in [0.05, 0.1) is 5.69 Å². The molecule has 0 aliphatic carbocycles. The summed E-state index contributed by atoms with van der Waals surface area (Å²) in [5, 5.41) is 12.5. The highest BCUT2D eigenvalue weighted by Crippen LogP contribution is 2.32. The zero-order valence-corrected chi connectivity index (χ0v) is 11.5. The lowest BCUT2D eigenvalue weighted by Crippen LogP contribution is -2.06. The van der Waals surface area contributed by atoms with Crippen molar-refractivity contribution in [1.29, 1.82) is 0 Å². The largest absolute Gasteiger partial charge is 0.465 e. The van der Waals surface area contributed by atoms with E-state index in [-0.39, 0.29) is 6.79 Å². The Morgan fingerprint density at radius 1 is 1.40 bits per heavy atom. The number of rotatable bonds is 5. The molecule has 1 unspecified atom stereocenters. The van der Waals surface area contributed by atoms with Crippen LogP contribution < -0.4 is 10.5 Å². The summed E-state index contributed by atoms with van der Waals surface area (Å²) in [5.74, 6) is 0.456. The van der Waals surface area contributed by atoms with Crippen molar-refractivity contribution in [3.05, 3.63) is 53.3 Å². The average Bonchev–Trinajstić information content (AvgIpc) is 2.47. The van der Waals surface area contributed by atoms with Crippen LogP contribution in [0.25, 0.3) is 0 Å². The van der Waals surface area contributed by atoms with Crippen LogP contribution in [-0.2, 0) is 9.84 Å². The Kier molecular flexibility index (Phi) is 4.55. The van der Waals surface area contributed by atoms with Crippen LogP contribution in [0, 0.1) is 6.92 Å². The van der Waals surface area contributed by atoms with Gasteiger partial charge in [0.1, 0.15) is 11.9 Å². The van der Waals surface area contributed by atoms with Crippen molar-refractivity contribution in [2.24, 2.45) is 0 Å². The molecule has 1 atom stereocenters. The summed E-state index contributed by atoms with van der Waals surface area (Å²) in [7, 11) is 1.53. The van der Waals surface area contributed by atoms with Gasteiger partial charge in [-0.1, -0.05) is 6.07 Å². The zero-order chi connectivity index (χ0) is 14.5. The van der Waals surface area contributed by atoms with Gasteiger partial charge in [0.15, 0.2) is 6.79 Å². The molecule has 1 aromatic carbocycles. The quantitative estimate of drug-likeness (QED) is 0.670. The Morgan fingerprint density at radius 2 is 2.20 bits per heavy atom. The molecule has 0 saturated heterocycles. The lowest BCUT2D eigenvalue weighted by atomic mass is 9.97. The minimum absolute atomic E-state index is 0.0864. The molecule has 0 aliphatic rings. The second kappa shape index (κ2) is 6.36. The van der Waals surface area contributed by atoms with E-state index in [0.29, 0.717) is 22.6 Å². The van der Waals surface area contributed by atoms with Gasteiger partial charge in [0.25, 0.3) is 0 Å². The fraction of sp³-hybridized carbons (Fsp3) is 0.267. The monoisotopic (exact) mass is 273 g/mol. The van der Waals surface area contributed by atoms with Crippen LogP contribution >= 0.6 is 0 Å². The minimum Gasteiger partial charge on any atom is -0.465 e. The Bertz CT molecular complexity index is 573. The second-order valence-corrected chi connectivity index (χ2v) is 4.46. The predicted molar refractivity (Wildman–Crippen MR) is 74.9 cm³/mol. The molecule has 1 aromatic heterocycles. The standard InChI is InChI=1S/C15H17N2O3/c1-10-6-13(16)14(20-9-19-2)7-12(10)15(18)11-4-3-5-17-8-11/h3-8,15H,9,16H2,1-2H3. The first-order chi connectivity index (χ1) is 9.63. The maximum absolute atomic E-state index is 12.5. The molecule has 0 fully saturated rings. The predicted octanol–water partition coefficient (Wildman–Crippen LogP) is 2.47. The van der Waals surface area contributed by atoms with Crippen LogP contribution in [0.5, 0.6) is 5.75 Å². The van der Waals surface area contributed by atoms with Gasteiger partial charge in [-0.25, -0.2) is 5.11 Å². The molecule has 0 aliphatic heterocycles. The maximum atomic E-state index is 12.5. The number of pyridine rings is 1. The highest BCUT2D eigenvalue weighted by atomic mass is 16.7. The van der Waals surface area contributed by atoms with Crippen LogP contribution in [0.1, 0.15) is 22.8 Å². The average molecular weight is 273 g/mol. The van der Waals surface area contributed by atoms with Gasteiger partial charge in [0.2, 0.25) is 0 Å². The molecule has 0 amide bonds. The van der Waals surface area contributed by atoms with E-state index in [1.807, 2.05) is 6.92 Å². The van der Waals surface area contributed by atoms with Crippen LogP contribution in [0.15, 0.2) is 36.7 Å². The highest BCUT2D eigenvalue weighted by Gasteiger charge is 2.17. The number of ether oxygens (including phenoxy) is 2. The van der Waals surface area contributed by atoms with Gasteiger partial charge in [-0.3, -0.25) is 4.98 Å². The summed E-state index contributed by atoms with van der Waals surface area (Å²) in [5.41, 5.74) is 8.43. The number of nitrogens with two attached hydrogens (primary N) is 1. The molecule has 0 saturated carbocycles. The number of anilines is 1. The van der Waals surface area contributed by atoms with Crippen molar-refractivity contribution < 1.29 is 14.6 Å². The number of nitrogen functional groups attached to an aromatic ring is 1. The highest BCUT2D eigenvalue weighted by molar-refractivity contribution is 5.57. The van der Waals surface area contributed by atoms with E-state index in [4.69, 9.17) is 15.2 Å². The summed E-state index contributed by atoms with van der Waals surface area (Å²) >= 11 is 0. The van der Waals surface area contributed by atoms with Crippen molar-refractivity contribution in [2.75, 3.05) is 19.6 Å². The number of hydrogen-bond donors (Lipinski definition) is 1. The third-order valence-corrected chi connectivity index (χ3v) is 3.00. The van der Waals surface area contributed by atoms with E-state index in [1.54, 1.807) is 36.7 Å². The summed E-state index contributed by atoms with van der Waals surface area (Å²) in [6, 6.07) is 6.92. The first-order valence-electron chi connectivity index (χ1n) is 6.21. The third-order valence-electron chi connectivity index (χ3n) is 3.00. The lowest BCUT2D eigenvalue weighted by molar-refractivity contribution is 0.0512. The van der Waals surface area contributed by atoms with Gasteiger partial charge in [-0.05, 0) is 36.2 Å². The van der Waals surface area contributed by atoms with E-state index in [0.717, 1.165) is 5.56 Å². The summed E-state index contributed by atoms with van der Waals surface area (Å²) in [4.78, 5) is 3.97. The molecule has 105 valence electrons. The molecule has 5 nitrogen and oxygen atoms in total. The first kappa shape index (κ1) is 14.3. The Morgan fingerprint density at radius 3 is 2.85 bits per heavy atom. The summed E-state index contributed by atoms with van der Waals surface area (Å²) < 4.78 is 10.2. The number of methoxy groups -OCH3 is 1. The zero-order valence-electron chi connectivity index (χ0n) is 11.5. The Labute approximate surface area is 118 Å². The molecule has 2 aromatic rings. The molecule has 5 heteroatoms. The van der Waals surface area contributed by atoms with Crippen LogP contribution in [0.4, 0.5) is 5.69 Å². The Balaban J connectivity index is 2.35. The molecule has 0 bridgehead atoms. The molecule has 20 heavy (non-hydrogen) atoms. The molecule has 1 heterocycles. The Hall–Kier alpha value is -2.11. The molecule has 2 N–H and O–H groups in total.